The van der Waals surface area contributed by atoms with Gasteiger partial charge in [0.15, 0.2) is 11.5 Å². The zero-order valence-electron chi connectivity index (χ0n) is 8.57. The van der Waals surface area contributed by atoms with Gasteiger partial charge in [0.05, 0.1) is 13.2 Å². The van der Waals surface area contributed by atoms with Crippen molar-refractivity contribution in [1.82, 2.24) is 0 Å². The molecule has 2 rings (SSSR count). The molecule has 0 aliphatic carbocycles. The second-order valence-electron chi connectivity index (χ2n) is 3.37. The lowest BCUT2D eigenvalue weighted by Gasteiger charge is -2.08. The van der Waals surface area contributed by atoms with Crippen LogP contribution in [-0.4, -0.2) is 19.8 Å². The summed E-state index contributed by atoms with van der Waals surface area (Å²) < 4.78 is 11.1. The Morgan fingerprint density at radius 3 is 2.60 bits per heavy atom. The van der Waals surface area contributed by atoms with Gasteiger partial charge in [0.2, 0.25) is 0 Å². The largest absolute Gasteiger partial charge is 0.490 e. The molecule has 3 nitrogen and oxygen atoms in total. The van der Waals surface area contributed by atoms with Crippen molar-refractivity contribution < 1.29 is 9.47 Å². The highest BCUT2D eigenvalue weighted by Gasteiger charge is 2.09. The van der Waals surface area contributed by atoms with Crippen LogP contribution in [0.4, 0.5) is 0 Å². The van der Waals surface area contributed by atoms with Crippen LogP contribution in [0.25, 0.3) is 0 Å². The first kappa shape index (κ1) is 12.1. The van der Waals surface area contributed by atoms with Crippen LogP contribution in [0.2, 0.25) is 0 Å². The van der Waals surface area contributed by atoms with Crippen LogP contribution in [0.1, 0.15) is 12.0 Å². The minimum Gasteiger partial charge on any atom is -0.490 e. The first-order valence-electron chi connectivity index (χ1n) is 4.99. The minimum absolute atomic E-state index is 0. The number of hydrogen-bond donors (Lipinski definition) is 1. The van der Waals surface area contributed by atoms with Crippen LogP contribution in [0, 0.1) is 0 Å². The van der Waals surface area contributed by atoms with Crippen LogP contribution in [-0.2, 0) is 6.42 Å². The third kappa shape index (κ3) is 3.01. The summed E-state index contributed by atoms with van der Waals surface area (Å²) in [5.74, 6) is 1.71. The van der Waals surface area contributed by atoms with Gasteiger partial charge in [0.25, 0.3) is 0 Å². The monoisotopic (exact) mass is 229 g/mol. The highest BCUT2D eigenvalue weighted by Crippen LogP contribution is 2.30. The van der Waals surface area contributed by atoms with E-state index in [4.69, 9.17) is 15.2 Å². The fourth-order valence-corrected chi connectivity index (χ4v) is 1.53. The number of halogens is 1. The minimum atomic E-state index is 0. The number of benzene rings is 1. The fourth-order valence-electron chi connectivity index (χ4n) is 1.53. The predicted molar refractivity (Wildman–Crippen MR) is 62.1 cm³/mol. The van der Waals surface area contributed by atoms with Crippen molar-refractivity contribution in [3.63, 3.8) is 0 Å². The molecular weight excluding hydrogens is 214 g/mol. The van der Waals surface area contributed by atoms with Crippen molar-refractivity contribution in [3.05, 3.63) is 23.8 Å². The normalized spacial score (nSPS) is 13.9. The molecule has 0 amide bonds. The van der Waals surface area contributed by atoms with Crippen molar-refractivity contribution in [2.45, 2.75) is 12.8 Å². The molecule has 2 N–H and O–H groups in total. The van der Waals surface area contributed by atoms with Crippen LogP contribution in [0.15, 0.2) is 18.2 Å². The maximum atomic E-state index is 5.57. The van der Waals surface area contributed by atoms with Crippen LogP contribution < -0.4 is 15.2 Å². The summed E-state index contributed by atoms with van der Waals surface area (Å²) in [7, 11) is 0. The van der Waals surface area contributed by atoms with Gasteiger partial charge in [-0.15, -0.1) is 12.4 Å². The summed E-state index contributed by atoms with van der Waals surface area (Å²) in [5, 5.41) is 0. The first-order valence-corrected chi connectivity index (χ1v) is 4.99. The lowest BCUT2D eigenvalue weighted by molar-refractivity contribution is 0.297. The quantitative estimate of drug-likeness (QED) is 0.841. The zero-order valence-corrected chi connectivity index (χ0v) is 9.39. The van der Waals surface area contributed by atoms with E-state index < -0.39 is 0 Å². The molecule has 0 unspecified atom stereocenters. The van der Waals surface area contributed by atoms with E-state index in [0.29, 0.717) is 6.54 Å². The Morgan fingerprint density at radius 2 is 1.87 bits per heavy atom. The number of rotatable bonds is 2. The van der Waals surface area contributed by atoms with Crippen molar-refractivity contribution in [1.29, 1.82) is 0 Å². The molecule has 4 heteroatoms. The SMILES string of the molecule is Cl.NCCc1ccc2c(c1)OCCCO2. The van der Waals surface area contributed by atoms with Gasteiger partial charge in [-0.05, 0) is 30.7 Å². The molecule has 1 aromatic rings. The zero-order chi connectivity index (χ0) is 9.80. The first-order chi connectivity index (χ1) is 6.90. The summed E-state index contributed by atoms with van der Waals surface area (Å²) in [5.41, 5.74) is 6.70. The van der Waals surface area contributed by atoms with Crippen molar-refractivity contribution in [2.75, 3.05) is 19.8 Å². The lowest BCUT2D eigenvalue weighted by Crippen LogP contribution is -2.03. The molecule has 1 aromatic carbocycles. The van der Waals surface area contributed by atoms with E-state index in [-0.39, 0.29) is 12.4 Å². The maximum absolute atomic E-state index is 5.57. The molecule has 0 radical (unpaired) electrons. The topological polar surface area (TPSA) is 44.5 Å². The highest BCUT2D eigenvalue weighted by molar-refractivity contribution is 5.85. The van der Waals surface area contributed by atoms with Crippen LogP contribution in [0.5, 0.6) is 11.5 Å². The van der Waals surface area contributed by atoms with E-state index in [2.05, 4.69) is 0 Å². The smallest absolute Gasteiger partial charge is 0.161 e. The number of ether oxygens (including phenoxy) is 2. The van der Waals surface area contributed by atoms with E-state index in [9.17, 15) is 0 Å². The summed E-state index contributed by atoms with van der Waals surface area (Å²) in [4.78, 5) is 0. The molecule has 0 atom stereocenters. The molecule has 0 aromatic heterocycles. The third-order valence-corrected chi connectivity index (χ3v) is 2.24. The standard InChI is InChI=1S/C11H15NO2.ClH/c12-5-4-9-2-3-10-11(8-9)14-7-1-6-13-10;/h2-3,8H,1,4-7,12H2;1H. The third-order valence-electron chi connectivity index (χ3n) is 2.24. The van der Waals surface area contributed by atoms with E-state index in [1.54, 1.807) is 0 Å². The Balaban J connectivity index is 0.00000112. The average molecular weight is 230 g/mol. The Morgan fingerprint density at radius 1 is 1.13 bits per heavy atom. The van der Waals surface area contributed by atoms with Gasteiger partial charge in [-0.1, -0.05) is 6.07 Å². The molecule has 0 saturated heterocycles. The Bertz CT molecular complexity index is 317. The maximum Gasteiger partial charge on any atom is 0.161 e. The molecule has 84 valence electrons. The van der Waals surface area contributed by atoms with E-state index in [0.717, 1.165) is 37.6 Å². The second kappa shape index (κ2) is 5.83. The lowest BCUT2D eigenvalue weighted by atomic mass is 10.1. The average Bonchev–Trinajstić information content (AvgIpc) is 2.42. The van der Waals surface area contributed by atoms with Crippen LogP contribution in [0.3, 0.4) is 0 Å². The van der Waals surface area contributed by atoms with E-state index in [1.807, 2.05) is 18.2 Å². The van der Waals surface area contributed by atoms with Gasteiger partial charge in [-0.2, -0.15) is 0 Å². The van der Waals surface area contributed by atoms with E-state index in [1.165, 1.54) is 5.56 Å². The number of hydrogen-bond acceptors (Lipinski definition) is 3. The van der Waals surface area contributed by atoms with Gasteiger partial charge >= 0.3 is 0 Å². The molecule has 0 saturated carbocycles. The molecule has 0 fully saturated rings. The Labute approximate surface area is 96.0 Å². The molecule has 1 aliphatic rings. The summed E-state index contributed by atoms with van der Waals surface area (Å²) >= 11 is 0. The molecule has 15 heavy (non-hydrogen) atoms. The van der Waals surface area contributed by atoms with Gasteiger partial charge < -0.3 is 15.2 Å². The molecule has 1 aliphatic heterocycles. The van der Waals surface area contributed by atoms with Gasteiger partial charge in [0.1, 0.15) is 0 Å². The Hall–Kier alpha value is -0.930. The van der Waals surface area contributed by atoms with Crippen molar-refractivity contribution in [3.8, 4) is 11.5 Å². The highest BCUT2D eigenvalue weighted by atomic mass is 35.5. The summed E-state index contributed by atoms with van der Waals surface area (Å²) in [6.07, 6.45) is 1.83. The second-order valence-corrected chi connectivity index (χ2v) is 3.37. The van der Waals surface area contributed by atoms with E-state index >= 15 is 0 Å². The fraction of sp³-hybridized carbons (Fsp3) is 0.455. The van der Waals surface area contributed by atoms with Crippen molar-refractivity contribution in [2.24, 2.45) is 5.73 Å². The number of nitrogens with two attached hydrogens (primary N) is 1. The molecular formula is C11H16ClNO2. The summed E-state index contributed by atoms with van der Waals surface area (Å²) in [6, 6.07) is 6.03. The van der Waals surface area contributed by atoms with Gasteiger partial charge in [0, 0.05) is 6.42 Å². The predicted octanol–water partition coefficient (Wildman–Crippen LogP) is 1.77. The number of fused-ring (bicyclic) bond motifs is 1. The van der Waals surface area contributed by atoms with Gasteiger partial charge in [-0.25, -0.2) is 0 Å². The summed E-state index contributed by atoms with van der Waals surface area (Å²) in [6.45, 7) is 2.14. The Kier molecular flexibility index (Phi) is 4.72. The van der Waals surface area contributed by atoms with Crippen molar-refractivity contribution >= 4 is 12.4 Å². The van der Waals surface area contributed by atoms with Crippen LogP contribution >= 0.6 is 12.4 Å². The molecule has 0 bridgehead atoms. The molecule has 0 spiro atoms. The van der Waals surface area contributed by atoms with Gasteiger partial charge in [-0.3, -0.25) is 0 Å². The molecule has 1 heterocycles.